The highest BCUT2D eigenvalue weighted by molar-refractivity contribution is 7.20. The van der Waals surface area contributed by atoms with Crippen molar-refractivity contribution in [3.63, 3.8) is 0 Å². The van der Waals surface area contributed by atoms with Gasteiger partial charge in [-0.2, -0.15) is 0 Å². The monoisotopic (exact) mass is 343 g/mol. The number of carbonyl (C=O) groups is 2. The van der Waals surface area contributed by atoms with Gasteiger partial charge in [0, 0.05) is 18.5 Å². The first-order valence-electron chi connectivity index (χ1n) is 8.56. The van der Waals surface area contributed by atoms with Gasteiger partial charge in [-0.25, -0.2) is 4.98 Å². The minimum Gasteiger partial charge on any atom is -0.353 e. The summed E-state index contributed by atoms with van der Waals surface area (Å²) in [5, 5.41) is 6.74. The molecule has 1 saturated carbocycles. The van der Waals surface area contributed by atoms with Crippen LogP contribution >= 0.6 is 11.3 Å². The molecule has 2 aromatic rings. The molecule has 5 nitrogen and oxygen atoms in total. The fraction of sp³-hybridized carbons (Fsp3) is 0.500. The molecule has 4 rings (SSSR count). The van der Waals surface area contributed by atoms with E-state index >= 15 is 0 Å². The lowest BCUT2D eigenvalue weighted by Gasteiger charge is -2.43. The quantitative estimate of drug-likeness (QED) is 0.881. The first-order valence-corrected chi connectivity index (χ1v) is 9.37. The summed E-state index contributed by atoms with van der Waals surface area (Å²) in [6, 6.07) is 8.08. The van der Waals surface area contributed by atoms with Crippen LogP contribution in [0.2, 0.25) is 0 Å². The van der Waals surface area contributed by atoms with Crippen LogP contribution in [0.4, 0.5) is 0 Å². The van der Waals surface area contributed by atoms with Crippen LogP contribution in [-0.2, 0) is 4.79 Å². The maximum absolute atomic E-state index is 12.5. The van der Waals surface area contributed by atoms with E-state index in [-0.39, 0.29) is 23.9 Å². The lowest BCUT2D eigenvalue weighted by Crippen LogP contribution is -2.54. The van der Waals surface area contributed by atoms with Crippen LogP contribution in [-0.4, -0.2) is 28.9 Å². The van der Waals surface area contributed by atoms with Crippen LogP contribution in [0.15, 0.2) is 24.3 Å². The summed E-state index contributed by atoms with van der Waals surface area (Å²) in [4.78, 5) is 28.7. The predicted octanol–water partition coefficient (Wildman–Crippen LogP) is 2.72. The molecule has 2 amide bonds. The summed E-state index contributed by atoms with van der Waals surface area (Å²) in [5.74, 6) is 1.01. The molecule has 1 aromatic heterocycles. The van der Waals surface area contributed by atoms with Gasteiger partial charge in [0.05, 0.1) is 10.2 Å². The molecule has 2 N–H and O–H groups in total. The van der Waals surface area contributed by atoms with E-state index in [1.807, 2.05) is 24.3 Å². The van der Waals surface area contributed by atoms with Crippen molar-refractivity contribution in [3.05, 3.63) is 29.3 Å². The number of nitrogens with one attached hydrogen (secondary N) is 2. The molecule has 0 spiro atoms. The van der Waals surface area contributed by atoms with Gasteiger partial charge in [0.2, 0.25) is 5.91 Å². The minimum atomic E-state index is -0.102. The Labute approximate surface area is 144 Å². The van der Waals surface area contributed by atoms with Gasteiger partial charge in [-0.15, -0.1) is 11.3 Å². The second-order valence-electron chi connectivity index (χ2n) is 6.99. The molecule has 4 unspecified atom stereocenters. The molecule has 24 heavy (non-hydrogen) atoms. The number of nitrogens with zero attached hydrogens (tertiary/aromatic N) is 1. The zero-order chi connectivity index (χ0) is 16.7. The summed E-state index contributed by atoms with van der Waals surface area (Å²) in [7, 11) is 0. The van der Waals surface area contributed by atoms with Gasteiger partial charge in [0.1, 0.15) is 0 Å². The van der Waals surface area contributed by atoms with Crippen molar-refractivity contribution in [1.29, 1.82) is 0 Å². The molecule has 1 aliphatic carbocycles. The number of fused-ring (bicyclic) bond motifs is 2. The fourth-order valence-corrected chi connectivity index (χ4v) is 4.97. The van der Waals surface area contributed by atoms with Crippen molar-refractivity contribution < 1.29 is 9.59 Å². The number of rotatable bonds is 2. The first kappa shape index (κ1) is 15.6. The van der Waals surface area contributed by atoms with Crippen LogP contribution < -0.4 is 10.6 Å². The largest absolute Gasteiger partial charge is 0.353 e. The van der Waals surface area contributed by atoms with E-state index in [1.165, 1.54) is 11.3 Å². The Hall–Kier alpha value is -1.95. The van der Waals surface area contributed by atoms with Crippen molar-refractivity contribution in [1.82, 2.24) is 15.6 Å². The Morgan fingerprint density at radius 3 is 3.00 bits per heavy atom. The van der Waals surface area contributed by atoms with Gasteiger partial charge < -0.3 is 10.6 Å². The van der Waals surface area contributed by atoms with Crippen molar-refractivity contribution in [2.75, 3.05) is 0 Å². The Morgan fingerprint density at radius 1 is 1.33 bits per heavy atom. The van der Waals surface area contributed by atoms with Crippen LogP contribution in [0.3, 0.4) is 0 Å². The molecule has 6 heteroatoms. The predicted molar refractivity (Wildman–Crippen MR) is 93.9 cm³/mol. The summed E-state index contributed by atoms with van der Waals surface area (Å²) in [5.41, 5.74) is 0.865. The summed E-state index contributed by atoms with van der Waals surface area (Å²) in [6.07, 6.45) is 3.47. The van der Waals surface area contributed by atoms with Crippen molar-refractivity contribution in [2.45, 2.75) is 44.7 Å². The third-order valence-electron chi connectivity index (χ3n) is 5.31. The molecule has 126 valence electrons. The SMILES string of the molecule is CC1CC(=O)NC2CC(NC(=O)c3nc4ccccc4s3)CCC12. The van der Waals surface area contributed by atoms with E-state index < -0.39 is 0 Å². The molecule has 0 radical (unpaired) electrons. The second kappa shape index (κ2) is 6.16. The number of piperidine rings is 1. The van der Waals surface area contributed by atoms with Crippen LogP contribution in [0.25, 0.3) is 10.2 Å². The van der Waals surface area contributed by atoms with Gasteiger partial charge >= 0.3 is 0 Å². The molecule has 2 heterocycles. The molecule has 1 aromatic carbocycles. The van der Waals surface area contributed by atoms with Gasteiger partial charge in [-0.1, -0.05) is 19.1 Å². The number of aromatic nitrogens is 1. The topological polar surface area (TPSA) is 71.1 Å². The highest BCUT2D eigenvalue weighted by atomic mass is 32.1. The Morgan fingerprint density at radius 2 is 2.17 bits per heavy atom. The normalized spacial score (nSPS) is 29.8. The number of para-hydroxylation sites is 1. The summed E-state index contributed by atoms with van der Waals surface area (Å²) < 4.78 is 1.03. The Bertz CT molecular complexity index is 754. The molecular weight excluding hydrogens is 322 g/mol. The average Bonchev–Trinajstić information content (AvgIpc) is 2.98. The molecule has 0 bridgehead atoms. The molecule has 2 fully saturated rings. The van der Waals surface area contributed by atoms with Crippen LogP contribution in [0.1, 0.15) is 42.4 Å². The number of thiazole rings is 1. The van der Waals surface area contributed by atoms with Gasteiger partial charge in [-0.05, 0) is 43.2 Å². The van der Waals surface area contributed by atoms with Gasteiger partial charge in [0.25, 0.3) is 5.91 Å². The summed E-state index contributed by atoms with van der Waals surface area (Å²) in [6.45, 7) is 2.16. The van der Waals surface area contributed by atoms with Crippen LogP contribution in [0, 0.1) is 11.8 Å². The Kier molecular flexibility index (Phi) is 4.00. The number of hydrogen-bond donors (Lipinski definition) is 2. The van der Waals surface area contributed by atoms with Crippen molar-refractivity contribution >= 4 is 33.4 Å². The Balaban J connectivity index is 1.43. The molecule has 4 atom stereocenters. The molecular formula is C18H21N3O2S. The van der Waals surface area contributed by atoms with E-state index in [9.17, 15) is 9.59 Å². The van der Waals surface area contributed by atoms with Crippen LogP contribution in [0.5, 0.6) is 0 Å². The maximum atomic E-state index is 12.5. The van der Waals surface area contributed by atoms with Gasteiger partial charge in [0.15, 0.2) is 5.01 Å². The van der Waals surface area contributed by atoms with E-state index in [0.717, 1.165) is 29.5 Å². The number of amides is 2. The van der Waals surface area contributed by atoms with Crippen molar-refractivity contribution in [2.24, 2.45) is 11.8 Å². The third-order valence-corrected chi connectivity index (χ3v) is 6.35. The van der Waals surface area contributed by atoms with E-state index in [4.69, 9.17) is 0 Å². The molecule has 1 aliphatic heterocycles. The standard InChI is InChI=1S/C18H21N3O2S/c1-10-8-16(22)20-14-9-11(6-7-12(10)14)19-17(23)18-21-13-4-2-3-5-15(13)24-18/h2-5,10-12,14H,6-9H2,1H3,(H,19,23)(H,20,22). The highest BCUT2D eigenvalue weighted by Gasteiger charge is 2.39. The number of benzene rings is 1. The lowest BCUT2D eigenvalue weighted by molar-refractivity contribution is -0.126. The third kappa shape index (κ3) is 2.90. The minimum absolute atomic E-state index is 0.102. The highest BCUT2D eigenvalue weighted by Crippen LogP contribution is 2.35. The molecule has 1 saturated heterocycles. The zero-order valence-corrected chi connectivity index (χ0v) is 14.4. The van der Waals surface area contributed by atoms with E-state index in [1.54, 1.807) is 0 Å². The lowest BCUT2D eigenvalue weighted by atomic mass is 9.72. The molecule has 2 aliphatic rings. The zero-order valence-electron chi connectivity index (χ0n) is 13.6. The number of carbonyl (C=O) groups excluding carboxylic acids is 2. The smallest absolute Gasteiger partial charge is 0.280 e. The van der Waals surface area contributed by atoms with Gasteiger partial charge in [-0.3, -0.25) is 9.59 Å². The second-order valence-corrected chi connectivity index (χ2v) is 8.02. The average molecular weight is 343 g/mol. The maximum Gasteiger partial charge on any atom is 0.280 e. The van der Waals surface area contributed by atoms with E-state index in [0.29, 0.717) is 23.3 Å². The van der Waals surface area contributed by atoms with E-state index in [2.05, 4.69) is 22.5 Å². The first-order chi connectivity index (χ1) is 11.6. The fourth-order valence-electron chi connectivity index (χ4n) is 4.10. The summed E-state index contributed by atoms with van der Waals surface area (Å²) >= 11 is 1.42. The van der Waals surface area contributed by atoms with Crippen molar-refractivity contribution in [3.8, 4) is 0 Å². The number of hydrogen-bond acceptors (Lipinski definition) is 4.